The third-order valence-corrected chi connectivity index (χ3v) is 2.89. The van der Waals surface area contributed by atoms with E-state index in [-0.39, 0.29) is 11.9 Å². The minimum atomic E-state index is -0.389. The van der Waals surface area contributed by atoms with Gasteiger partial charge in [0.1, 0.15) is 17.5 Å². The first-order valence-corrected chi connectivity index (χ1v) is 6.37. The Hall–Kier alpha value is -1.62. The highest BCUT2D eigenvalue weighted by Gasteiger charge is 2.16. The summed E-state index contributed by atoms with van der Waals surface area (Å²) in [6.07, 6.45) is 0. The van der Waals surface area contributed by atoms with E-state index >= 15 is 0 Å². The molecule has 0 bridgehead atoms. The van der Waals surface area contributed by atoms with Crippen LogP contribution in [0.25, 0.3) is 0 Å². The zero-order valence-electron chi connectivity index (χ0n) is 11.5. The Bertz CT molecular complexity index is 452. The number of nitrogens with one attached hydrogen (secondary N) is 2. The lowest BCUT2D eigenvalue weighted by Gasteiger charge is -2.18. The SMILES string of the molecule is CCNC(=O)C(C)Nc1cc(OC)c(Cl)cc1OC. The Morgan fingerprint density at radius 1 is 1.32 bits per heavy atom. The van der Waals surface area contributed by atoms with Gasteiger partial charge in [-0.1, -0.05) is 11.6 Å². The van der Waals surface area contributed by atoms with Crippen molar-refractivity contribution in [3.8, 4) is 11.5 Å². The van der Waals surface area contributed by atoms with Crippen LogP contribution in [-0.4, -0.2) is 32.7 Å². The molecule has 0 radical (unpaired) electrons. The fraction of sp³-hybridized carbons (Fsp3) is 0.462. The molecule has 1 unspecified atom stereocenters. The standard InChI is InChI=1S/C13H19ClN2O3/c1-5-15-13(17)8(2)16-10-7-11(18-3)9(14)6-12(10)19-4/h6-8,16H,5H2,1-4H3,(H,15,17). The minimum Gasteiger partial charge on any atom is -0.495 e. The van der Waals surface area contributed by atoms with Gasteiger partial charge in [-0.25, -0.2) is 0 Å². The highest BCUT2D eigenvalue weighted by Crippen LogP contribution is 2.36. The van der Waals surface area contributed by atoms with Crippen LogP contribution in [0.5, 0.6) is 11.5 Å². The fourth-order valence-corrected chi connectivity index (χ4v) is 1.83. The monoisotopic (exact) mass is 286 g/mol. The second-order valence-electron chi connectivity index (χ2n) is 3.95. The molecule has 19 heavy (non-hydrogen) atoms. The van der Waals surface area contributed by atoms with Crippen molar-refractivity contribution in [1.29, 1.82) is 0 Å². The number of hydrogen-bond acceptors (Lipinski definition) is 4. The largest absolute Gasteiger partial charge is 0.495 e. The van der Waals surface area contributed by atoms with Gasteiger partial charge in [-0.15, -0.1) is 0 Å². The molecule has 5 nitrogen and oxygen atoms in total. The number of halogens is 1. The first kappa shape index (κ1) is 15.4. The number of carbonyl (C=O) groups is 1. The molecule has 106 valence electrons. The van der Waals surface area contributed by atoms with Crippen LogP contribution in [0.4, 0.5) is 5.69 Å². The smallest absolute Gasteiger partial charge is 0.242 e. The summed E-state index contributed by atoms with van der Waals surface area (Å²) < 4.78 is 10.4. The summed E-state index contributed by atoms with van der Waals surface area (Å²) >= 11 is 6.02. The van der Waals surface area contributed by atoms with Crippen LogP contribution in [0, 0.1) is 0 Å². The summed E-state index contributed by atoms with van der Waals surface area (Å²) in [7, 11) is 3.07. The number of rotatable bonds is 6. The number of ether oxygens (including phenoxy) is 2. The third-order valence-electron chi connectivity index (χ3n) is 2.59. The van der Waals surface area contributed by atoms with Crippen molar-refractivity contribution < 1.29 is 14.3 Å². The van der Waals surface area contributed by atoms with Crippen LogP contribution >= 0.6 is 11.6 Å². The average Bonchev–Trinajstić information content (AvgIpc) is 2.40. The predicted molar refractivity (Wildman–Crippen MR) is 76.3 cm³/mol. The van der Waals surface area contributed by atoms with Gasteiger partial charge < -0.3 is 20.1 Å². The van der Waals surface area contributed by atoms with Crippen LogP contribution < -0.4 is 20.1 Å². The molecule has 1 aromatic rings. The summed E-state index contributed by atoms with van der Waals surface area (Å²) in [6, 6.07) is 2.96. The van der Waals surface area contributed by atoms with Gasteiger partial charge in [0.15, 0.2) is 0 Å². The van der Waals surface area contributed by atoms with Crippen LogP contribution in [0.15, 0.2) is 12.1 Å². The van der Waals surface area contributed by atoms with Crippen molar-refractivity contribution in [3.63, 3.8) is 0 Å². The predicted octanol–water partition coefficient (Wildman–Crippen LogP) is 2.29. The van der Waals surface area contributed by atoms with Gasteiger partial charge in [0.05, 0.1) is 24.9 Å². The lowest BCUT2D eigenvalue weighted by Crippen LogP contribution is -2.37. The van der Waals surface area contributed by atoms with E-state index < -0.39 is 0 Å². The average molecular weight is 287 g/mol. The van der Waals surface area contributed by atoms with Crippen molar-refractivity contribution in [2.45, 2.75) is 19.9 Å². The Morgan fingerprint density at radius 3 is 2.47 bits per heavy atom. The zero-order valence-corrected chi connectivity index (χ0v) is 12.3. The van der Waals surface area contributed by atoms with Crippen LogP contribution in [0.2, 0.25) is 5.02 Å². The molecule has 1 aromatic carbocycles. The summed E-state index contributed by atoms with van der Waals surface area (Å²) in [5.74, 6) is 0.994. The van der Waals surface area contributed by atoms with Gasteiger partial charge in [-0.3, -0.25) is 4.79 Å². The molecule has 0 aliphatic carbocycles. The number of hydrogen-bond donors (Lipinski definition) is 2. The van der Waals surface area contributed by atoms with E-state index in [0.29, 0.717) is 28.8 Å². The lowest BCUT2D eigenvalue weighted by molar-refractivity contribution is -0.121. The Kier molecular flexibility index (Phi) is 5.76. The van der Waals surface area contributed by atoms with Crippen LogP contribution in [0.3, 0.4) is 0 Å². The van der Waals surface area contributed by atoms with Gasteiger partial charge >= 0.3 is 0 Å². The molecule has 1 rings (SSSR count). The number of methoxy groups -OCH3 is 2. The maximum Gasteiger partial charge on any atom is 0.242 e. The molecule has 1 amide bonds. The van der Waals surface area contributed by atoms with Gasteiger partial charge in [-0.2, -0.15) is 0 Å². The molecule has 0 saturated carbocycles. The second kappa shape index (κ2) is 7.09. The molecule has 1 atom stereocenters. The first-order valence-electron chi connectivity index (χ1n) is 5.99. The molecule has 0 aliphatic rings. The highest BCUT2D eigenvalue weighted by molar-refractivity contribution is 6.32. The quantitative estimate of drug-likeness (QED) is 0.842. The summed E-state index contributed by atoms with van der Waals surface area (Å²) in [6.45, 7) is 4.23. The molecular weight excluding hydrogens is 268 g/mol. The van der Waals surface area contributed by atoms with Gasteiger partial charge in [-0.05, 0) is 13.8 Å². The lowest BCUT2D eigenvalue weighted by atomic mass is 10.2. The molecule has 0 spiro atoms. The maximum absolute atomic E-state index is 11.7. The summed E-state index contributed by atoms with van der Waals surface area (Å²) in [5.41, 5.74) is 0.655. The Balaban J connectivity index is 2.95. The highest BCUT2D eigenvalue weighted by atomic mass is 35.5. The maximum atomic E-state index is 11.7. The van der Waals surface area contributed by atoms with Gasteiger partial charge in [0, 0.05) is 18.7 Å². The number of likely N-dealkylation sites (N-methyl/N-ethyl adjacent to an activating group) is 1. The normalized spacial score (nSPS) is 11.6. The fourth-order valence-electron chi connectivity index (χ4n) is 1.60. The van der Waals surface area contributed by atoms with E-state index in [1.54, 1.807) is 26.2 Å². The Labute approximate surface area is 118 Å². The molecule has 2 N–H and O–H groups in total. The van der Waals surface area contributed by atoms with E-state index in [4.69, 9.17) is 21.1 Å². The van der Waals surface area contributed by atoms with Crippen LogP contribution in [0.1, 0.15) is 13.8 Å². The molecule has 0 heterocycles. The van der Waals surface area contributed by atoms with Crippen molar-refractivity contribution in [2.75, 3.05) is 26.1 Å². The van der Waals surface area contributed by atoms with E-state index in [1.807, 2.05) is 6.92 Å². The van der Waals surface area contributed by atoms with Crippen molar-refractivity contribution in [2.24, 2.45) is 0 Å². The van der Waals surface area contributed by atoms with Crippen molar-refractivity contribution >= 4 is 23.2 Å². The van der Waals surface area contributed by atoms with E-state index in [2.05, 4.69) is 10.6 Å². The van der Waals surface area contributed by atoms with Gasteiger partial charge in [0.2, 0.25) is 5.91 Å². The molecule has 0 aromatic heterocycles. The van der Waals surface area contributed by atoms with Crippen LogP contribution in [-0.2, 0) is 4.79 Å². The summed E-state index contributed by atoms with van der Waals surface area (Å²) in [5, 5.41) is 6.27. The second-order valence-corrected chi connectivity index (χ2v) is 4.35. The third kappa shape index (κ3) is 3.92. The molecule has 6 heteroatoms. The summed E-state index contributed by atoms with van der Waals surface area (Å²) in [4.78, 5) is 11.7. The number of carbonyl (C=O) groups excluding carboxylic acids is 1. The van der Waals surface area contributed by atoms with E-state index in [9.17, 15) is 4.79 Å². The van der Waals surface area contributed by atoms with E-state index in [1.165, 1.54) is 7.11 Å². The van der Waals surface area contributed by atoms with E-state index in [0.717, 1.165) is 0 Å². The molecular formula is C13H19ClN2O3. The molecule has 0 saturated heterocycles. The molecule has 0 aliphatic heterocycles. The number of amides is 1. The van der Waals surface area contributed by atoms with Gasteiger partial charge in [0.25, 0.3) is 0 Å². The number of anilines is 1. The Morgan fingerprint density at radius 2 is 1.95 bits per heavy atom. The minimum absolute atomic E-state index is 0.0848. The molecule has 0 fully saturated rings. The topological polar surface area (TPSA) is 59.6 Å². The zero-order chi connectivity index (χ0) is 14.4. The number of benzene rings is 1. The van der Waals surface area contributed by atoms with Crippen molar-refractivity contribution in [3.05, 3.63) is 17.2 Å². The first-order chi connectivity index (χ1) is 9.03. The van der Waals surface area contributed by atoms with Crippen molar-refractivity contribution in [1.82, 2.24) is 5.32 Å².